The van der Waals surface area contributed by atoms with Gasteiger partial charge in [-0.3, -0.25) is 0 Å². The van der Waals surface area contributed by atoms with Crippen LogP contribution in [-0.2, 0) is 0 Å². The van der Waals surface area contributed by atoms with Crippen LogP contribution in [0, 0.1) is 5.92 Å². The molecule has 0 spiro atoms. The number of aliphatic hydroxyl groups excluding tert-OH is 1. The summed E-state index contributed by atoms with van der Waals surface area (Å²) in [6.07, 6.45) is 3.30. The number of aliphatic hydroxyl groups is 1. The van der Waals surface area contributed by atoms with Crippen LogP contribution < -0.4 is 5.32 Å². The first-order valence-corrected chi connectivity index (χ1v) is 7.44. The quantitative estimate of drug-likeness (QED) is 0.866. The summed E-state index contributed by atoms with van der Waals surface area (Å²) in [6, 6.07) is 7.29. The molecule has 0 bridgehead atoms. The van der Waals surface area contributed by atoms with E-state index in [1.54, 1.807) is 6.92 Å². The van der Waals surface area contributed by atoms with Crippen LogP contribution in [0.15, 0.2) is 24.3 Å². The number of hydrogen-bond donors (Lipinski definition) is 2. The van der Waals surface area contributed by atoms with E-state index in [0.29, 0.717) is 5.92 Å². The summed E-state index contributed by atoms with van der Waals surface area (Å²) in [5.74, 6) is 0.679. The third-order valence-electron chi connectivity index (χ3n) is 4.02. The average molecular weight is 276 g/mol. The van der Waals surface area contributed by atoms with Crippen molar-refractivity contribution in [1.29, 1.82) is 0 Å². The van der Waals surface area contributed by atoms with Crippen molar-refractivity contribution >= 4 is 11.7 Å². The van der Waals surface area contributed by atoms with Crippen LogP contribution in [0.3, 0.4) is 0 Å². The van der Waals surface area contributed by atoms with Gasteiger partial charge in [-0.25, -0.2) is 4.79 Å². The number of anilines is 1. The maximum atomic E-state index is 12.2. The minimum atomic E-state index is -0.481. The van der Waals surface area contributed by atoms with Crippen molar-refractivity contribution < 1.29 is 9.90 Å². The molecule has 2 amide bonds. The lowest BCUT2D eigenvalue weighted by Gasteiger charge is -2.31. The minimum Gasteiger partial charge on any atom is -0.389 e. The monoisotopic (exact) mass is 276 g/mol. The Labute approximate surface area is 120 Å². The van der Waals surface area contributed by atoms with Crippen molar-refractivity contribution in [3.05, 3.63) is 29.8 Å². The van der Waals surface area contributed by atoms with Crippen molar-refractivity contribution in [3.63, 3.8) is 0 Å². The Kier molecular flexibility index (Phi) is 5.01. The highest BCUT2D eigenvalue weighted by Crippen LogP contribution is 2.27. The summed E-state index contributed by atoms with van der Waals surface area (Å²) in [6.45, 7) is 5.32. The number of rotatable bonds is 5. The first-order chi connectivity index (χ1) is 9.60. The van der Waals surface area contributed by atoms with Gasteiger partial charge < -0.3 is 15.3 Å². The van der Waals surface area contributed by atoms with Crippen molar-refractivity contribution in [2.75, 3.05) is 18.4 Å². The molecular formula is C16H24N2O2. The molecule has 4 heteroatoms. The number of carbonyl (C=O) groups excluding carboxylic acids is 1. The third-order valence-corrected chi connectivity index (χ3v) is 4.02. The van der Waals surface area contributed by atoms with E-state index in [2.05, 4.69) is 5.32 Å². The first kappa shape index (κ1) is 14.9. The molecule has 1 aliphatic rings. The van der Waals surface area contributed by atoms with E-state index in [-0.39, 0.29) is 6.03 Å². The molecule has 2 rings (SSSR count). The topological polar surface area (TPSA) is 52.6 Å². The second-order valence-corrected chi connectivity index (χ2v) is 5.56. The summed E-state index contributed by atoms with van der Waals surface area (Å²) in [5, 5.41) is 12.4. The van der Waals surface area contributed by atoms with Gasteiger partial charge in [-0.1, -0.05) is 18.6 Å². The van der Waals surface area contributed by atoms with Crippen LogP contribution in [0.4, 0.5) is 10.5 Å². The van der Waals surface area contributed by atoms with Gasteiger partial charge in [-0.05, 0) is 50.3 Å². The highest BCUT2D eigenvalue weighted by atomic mass is 16.3. The van der Waals surface area contributed by atoms with E-state index in [0.717, 1.165) is 24.3 Å². The van der Waals surface area contributed by atoms with Crippen molar-refractivity contribution in [2.45, 2.75) is 39.2 Å². The van der Waals surface area contributed by atoms with Gasteiger partial charge >= 0.3 is 6.03 Å². The average Bonchev–Trinajstić information content (AvgIpc) is 2.38. The third kappa shape index (κ3) is 3.73. The maximum Gasteiger partial charge on any atom is 0.321 e. The molecule has 4 nitrogen and oxygen atoms in total. The summed E-state index contributed by atoms with van der Waals surface area (Å²) >= 11 is 0. The number of amides is 2. The van der Waals surface area contributed by atoms with Crippen LogP contribution in [0.25, 0.3) is 0 Å². The summed E-state index contributed by atoms with van der Waals surface area (Å²) in [5.41, 5.74) is 1.62. The van der Waals surface area contributed by atoms with Crippen molar-refractivity contribution in [2.24, 2.45) is 5.92 Å². The minimum absolute atomic E-state index is 0.0378. The zero-order chi connectivity index (χ0) is 14.5. The highest BCUT2D eigenvalue weighted by Gasteiger charge is 2.22. The molecule has 1 aromatic rings. The van der Waals surface area contributed by atoms with Gasteiger partial charge in [0.2, 0.25) is 0 Å². The van der Waals surface area contributed by atoms with E-state index in [9.17, 15) is 9.90 Å². The fourth-order valence-corrected chi connectivity index (χ4v) is 2.39. The first-order valence-electron chi connectivity index (χ1n) is 7.44. The molecule has 110 valence electrons. The number of urea groups is 1. The van der Waals surface area contributed by atoms with Crippen LogP contribution in [-0.4, -0.2) is 29.1 Å². The molecular weight excluding hydrogens is 252 g/mol. The van der Waals surface area contributed by atoms with Crippen LogP contribution in [0.5, 0.6) is 0 Å². The fourth-order valence-electron chi connectivity index (χ4n) is 2.39. The van der Waals surface area contributed by atoms with Gasteiger partial charge in [-0.15, -0.1) is 0 Å². The molecule has 2 N–H and O–H groups in total. The molecule has 1 saturated carbocycles. The molecule has 0 radical (unpaired) electrons. The van der Waals surface area contributed by atoms with Crippen LogP contribution in [0.2, 0.25) is 0 Å². The van der Waals surface area contributed by atoms with E-state index in [1.807, 2.05) is 36.1 Å². The molecule has 20 heavy (non-hydrogen) atoms. The molecule has 1 unspecified atom stereocenters. The van der Waals surface area contributed by atoms with Gasteiger partial charge in [0.25, 0.3) is 0 Å². The summed E-state index contributed by atoms with van der Waals surface area (Å²) in [4.78, 5) is 14.1. The lowest BCUT2D eigenvalue weighted by molar-refractivity contribution is 0.182. The number of hydrogen-bond acceptors (Lipinski definition) is 2. The number of carbonyl (C=O) groups is 1. The molecule has 0 heterocycles. The largest absolute Gasteiger partial charge is 0.389 e. The lowest BCUT2D eigenvalue weighted by Crippen LogP contribution is -2.39. The van der Waals surface area contributed by atoms with Gasteiger partial charge in [0.1, 0.15) is 0 Å². The summed E-state index contributed by atoms with van der Waals surface area (Å²) < 4.78 is 0. The van der Waals surface area contributed by atoms with Crippen molar-refractivity contribution in [1.82, 2.24) is 4.90 Å². The highest BCUT2D eigenvalue weighted by molar-refractivity contribution is 5.89. The van der Waals surface area contributed by atoms with E-state index < -0.39 is 6.10 Å². The predicted molar refractivity (Wildman–Crippen MR) is 80.7 cm³/mol. The van der Waals surface area contributed by atoms with Crippen LogP contribution in [0.1, 0.15) is 44.8 Å². The van der Waals surface area contributed by atoms with E-state index in [1.165, 1.54) is 19.3 Å². The molecule has 1 atom stereocenters. The Bertz CT molecular complexity index is 438. The van der Waals surface area contributed by atoms with E-state index in [4.69, 9.17) is 0 Å². The smallest absolute Gasteiger partial charge is 0.321 e. The lowest BCUT2D eigenvalue weighted by atomic mass is 9.85. The zero-order valence-corrected chi connectivity index (χ0v) is 12.3. The molecule has 0 aliphatic heterocycles. The SMILES string of the molecule is CCN(CC1CCC1)C(=O)Nc1ccc(C(C)O)cc1. The molecule has 0 saturated heterocycles. The molecule has 1 aliphatic carbocycles. The van der Waals surface area contributed by atoms with Crippen LogP contribution >= 0.6 is 0 Å². The van der Waals surface area contributed by atoms with Crippen molar-refractivity contribution in [3.8, 4) is 0 Å². The number of benzene rings is 1. The van der Waals surface area contributed by atoms with Gasteiger partial charge in [0, 0.05) is 18.8 Å². The second-order valence-electron chi connectivity index (χ2n) is 5.56. The number of nitrogens with one attached hydrogen (secondary N) is 1. The Morgan fingerprint density at radius 3 is 2.50 bits per heavy atom. The standard InChI is InChI=1S/C16H24N2O2/c1-3-18(11-13-5-4-6-13)16(20)17-15-9-7-14(8-10-15)12(2)19/h7-10,12-13,19H,3-6,11H2,1-2H3,(H,17,20). The van der Waals surface area contributed by atoms with Gasteiger partial charge in [-0.2, -0.15) is 0 Å². The molecule has 1 aromatic carbocycles. The predicted octanol–water partition coefficient (Wildman–Crippen LogP) is 3.39. The Hall–Kier alpha value is -1.55. The molecule has 1 fully saturated rings. The van der Waals surface area contributed by atoms with E-state index >= 15 is 0 Å². The second kappa shape index (κ2) is 6.75. The Balaban J connectivity index is 1.91. The Morgan fingerprint density at radius 1 is 1.40 bits per heavy atom. The zero-order valence-electron chi connectivity index (χ0n) is 12.3. The maximum absolute atomic E-state index is 12.2. The normalized spacial score (nSPS) is 16.4. The van der Waals surface area contributed by atoms with Gasteiger partial charge in [0.05, 0.1) is 6.10 Å². The Morgan fingerprint density at radius 2 is 2.05 bits per heavy atom. The fraction of sp³-hybridized carbons (Fsp3) is 0.562. The number of nitrogens with zero attached hydrogens (tertiary/aromatic N) is 1. The summed E-state index contributed by atoms with van der Waals surface area (Å²) in [7, 11) is 0. The van der Waals surface area contributed by atoms with Gasteiger partial charge in [0.15, 0.2) is 0 Å². The molecule has 0 aromatic heterocycles.